The SMILES string of the molecule is O=C(O)c1ccc(-c2ccc(-c3nc4ccccc4c(=O)[nH]3)cc2)cc1[N+](=O)[O-]. The average molecular weight is 387 g/mol. The van der Waals surface area contributed by atoms with Gasteiger partial charge >= 0.3 is 5.97 Å². The van der Waals surface area contributed by atoms with Crippen molar-refractivity contribution in [2.45, 2.75) is 0 Å². The number of carboxylic acids is 1. The number of nitro benzene ring substituents is 1. The van der Waals surface area contributed by atoms with Crippen LogP contribution in [-0.4, -0.2) is 26.0 Å². The number of nitro groups is 1. The van der Waals surface area contributed by atoms with Crippen molar-refractivity contribution in [3.05, 3.63) is 92.8 Å². The van der Waals surface area contributed by atoms with Crippen LogP contribution in [0, 0.1) is 10.1 Å². The maximum atomic E-state index is 12.2. The molecule has 4 rings (SSSR count). The lowest BCUT2D eigenvalue weighted by atomic mass is 10.0. The predicted molar refractivity (Wildman–Crippen MR) is 107 cm³/mol. The Balaban J connectivity index is 1.74. The van der Waals surface area contributed by atoms with Crippen LogP contribution >= 0.6 is 0 Å². The number of carboxylic acid groups (broad SMARTS) is 1. The van der Waals surface area contributed by atoms with Crippen molar-refractivity contribution in [2.24, 2.45) is 0 Å². The normalized spacial score (nSPS) is 10.8. The van der Waals surface area contributed by atoms with Gasteiger partial charge in [0, 0.05) is 11.6 Å². The van der Waals surface area contributed by atoms with Crippen molar-refractivity contribution in [3.8, 4) is 22.5 Å². The Hall–Kier alpha value is -4.33. The second-order valence-electron chi connectivity index (χ2n) is 6.30. The Morgan fingerprint density at radius 1 is 0.966 bits per heavy atom. The van der Waals surface area contributed by atoms with Crippen molar-refractivity contribution in [3.63, 3.8) is 0 Å². The average Bonchev–Trinajstić information content (AvgIpc) is 2.73. The second-order valence-corrected chi connectivity index (χ2v) is 6.30. The number of fused-ring (bicyclic) bond motifs is 1. The van der Waals surface area contributed by atoms with Crippen molar-refractivity contribution in [1.82, 2.24) is 9.97 Å². The second kappa shape index (κ2) is 7.01. The summed E-state index contributed by atoms with van der Waals surface area (Å²) in [5.74, 6) is -0.947. The summed E-state index contributed by atoms with van der Waals surface area (Å²) < 4.78 is 0. The number of aromatic nitrogens is 2. The van der Waals surface area contributed by atoms with Crippen molar-refractivity contribution in [1.29, 1.82) is 0 Å². The Kier molecular flexibility index (Phi) is 4.36. The van der Waals surface area contributed by atoms with Crippen LogP contribution in [0.15, 0.2) is 71.5 Å². The molecule has 29 heavy (non-hydrogen) atoms. The molecule has 0 aliphatic heterocycles. The number of hydrogen-bond donors (Lipinski definition) is 2. The van der Waals surface area contributed by atoms with Gasteiger partial charge in [0.1, 0.15) is 11.4 Å². The smallest absolute Gasteiger partial charge is 0.342 e. The molecular weight excluding hydrogens is 374 g/mol. The molecule has 0 bridgehead atoms. The number of nitrogens with one attached hydrogen (secondary N) is 1. The van der Waals surface area contributed by atoms with Gasteiger partial charge in [0.2, 0.25) is 0 Å². The van der Waals surface area contributed by atoms with E-state index >= 15 is 0 Å². The lowest BCUT2D eigenvalue weighted by Gasteiger charge is -2.06. The summed E-state index contributed by atoms with van der Waals surface area (Å²) >= 11 is 0. The number of nitrogens with zero attached hydrogens (tertiary/aromatic N) is 2. The van der Waals surface area contributed by atoms with E-state index in [1.54, 1.807) is 48.5 Å². The summed E-state index contributed by atoms with van der Waals surface area (Å²) in [6.45, 7) is 0. The van der Waals surface area contributed by atoms with E-state index in [1.165, 1.54) is 18.2 Å². The molecular formula is C21H13N3O5. The summed E-state index contributed by atoms with van der Waals surface area (Å²) in [6, 6.07) is 17.9. The number of carbonyl (C=O) groups is 1. The molecule has 0 radical (unpaired) electrons. The van der Waals surface area contributed by atoms with Gasteiger partial charge in [-0.25, -0.2) is 9.78 Å². The highest BCUT2D eigenvalue weighted by Gasteiger charge is 2.20. The number of H-pyrrole nitrogens is 1. The van der Waals surface area contributed by atoms with E-state index in [1.807, 2.05) is 0 Å². The Bertz CT molecular complexity index is 1330. The quantitative estimate of drug-likeness (QED) is 0.404. The van der Waals surface area contributed by atoms with Gasteiger partial charge in [0.25, 0.3) is 11.2 Å². The van der Waals surface area contributed by atoms with Gasteiger partial charge in [-0.15, -0.1) is 0 Å². The summed E-state index contributed by atoms with van der Waals surface area (Å²) in [5.41, 5.74) is 1.34. The van der Waals surface area contributed by atoms with Crippen LogP contribution in [0.2, 0.25) is 0 Å². The molecule has 4 aromatic rings. The molecule has 1 aromatic heterocycles. The molecule has 0 amide bonds. The van der Waals surface area contributed by atoms with Crippen LogP contribution < -0.4 is 5.56 Å². The Morgan fingerprint density at radius 2 is 1.62 bits per heavy atom. The van der Waals surface area contributed by atoms with Crippen molar-refractivity contribution >= 4 is 22.6 Å². The molecule has 142 valence electrons. The van der Waals surface area contributed by atoms with Crippen molar-refractivity contribution < 1.29 is 14.8 Å². The first-order chi connectivity index (χ1) is 13.9. The molecule has 0 spiro atoms. The van der Waals surface area contributed by atoms with E-state index < -0.39 is 16.6 Å². The minimum atomic E-state index is -1.36. The van der Waals surface area contributed by atoms with Crippen LogP contribution in [0.1, 0.15) is 10.4 Å². The summed E-state index contributed by atoms with van der Waals surface area (Å²) in [7, 11) is 0. The van der Waals surface area contributed by atoms with E-state index in [0.717, 1.165) is 0 Å². The predicted octanol–water partition coefficient (Wildman–Crippen LogP) is 3.86. The maximum Gasteiger partial charge on any atom is 0.342 e. The van der Waals surface area contributed by atoms with Gasteiger partial charge < -0.3 is 10.1 Å². The maximum absolute atomic E-state index is 12.2. The minimum Gasteiger partial charge on any atom is -0.477 e. The largest absolute Gasteiger partial charge is 0.477 e. The van der Waals surface area contributed by atoms with Gasteiger partial charge in [-0.05, 0) is 29.3 Å². The molecule has 3 aromatic carbocycles. The van der Waals surface area contributed by atoms with Crippen LogP contribution in [0.5, 0.6) is 0 Å². The van der Waals surface area contributed by atoms with E-state index in [-0.39, 0.29) is 11.1 Å². The molecule has 0 saturated carbocycles. The zero-order valence-electron chi connectivity index (χ0n) is 14.8. The number of aromatic amines is 1. The van der Waals surface area contributed by atoms with Crippen LogP contribution in [0.4, 0.5) is 5.69 Å². The van der Waals surface area contributed by atoms with Crippen LogP contribution in [0.25, 0.3) is 33.4 Å². The standard InChI is InChI=1S/C21H13N3O5/c25-20-15-3-1-2-4-17(15)22-19(23-20)13-7-5-12(6-8-13)14-9-10-16(21(26)27)18(11-14)24(28)29/h1-11H,(H,26,27)(H,22,23,25). The molecule has 0 aliphatic rings. The summed E-state index contributed by atoms with van der Waals surface area (Å²) in [6.07, 6.45) is 0. The van der Waals surface area contributed by atoms with Gasteiger partial charge in [0.05, 0.1) is 15.8 Å². The number of rotatable bonds is 4. The van der Waals surface area contributed by atoms with Crippen LogP contribution in [-0.2, 0) is 0 Å². The molecule has 1 heterocycles. The fraction of sp³-hybridized carbons (Fsp3) is 0. The highest BCUT2D eigenvalue weighted by atomic mass is 16.6. The highest BCUT2D eigenvalue weighted by molar-refractivity contribution is 5.93. The first-order valence-electron chi connectivity index (χ1n) is 8.55. The highest BCUT2D eigenvalue weighted by Crippen LogP contribution is 2.29. The fourth-order valence-corrected chi connectivity index (χ4v) is 3.09. The van der Waals surface area contributed by atoms with Gasteiger partial charge in [-0.1, -0.05) is 42.5 Å². The lowest BCUT2D eigenvalue weighted by Crippen LogP contribution is -2.09. The van der Waals surface area contributed by atoms with Crippen LogP contribution in [0.3, 0.4) is 0 Å². The molecule has 0 saturated heterocycles. The molecule has 0 atom stereocenters. The lowest BCUT2D eigenvalue weighted by molar-refractivity contribution is -0.385. The monoisotopic (exact) mass is 387 g/mol. The number of aromatic carboxylic acids is 1. The Morgan fingerprint density at radius 3 is 2.31 bits per heavy atom. The number of para-hydroxylation sites is 1. The first-order valence-corrected chi connectivity index (χ1v) is 8.55. The molecule has 2 N–H and O–H groups in total. The Labute approximate surface area is 163 Å². The number of hydrogen-bond acceptors (Lipinski definition) is 5. The van der Waals surface area contributed by atoms with Gasteiger partial charge in [-0.3, -0.25) is 14.9 Å². The third-order valence-corrected chi connectivity index (χ3v) is 4.53. The molecule has 8 heteroatoms. The molecule has 0 fully saturated rings. The van der Waals surface area contributed by atoms with E-state index in [9.17, 15) is 19.7 Å². The van der Waals surface area contributed by atoms with Gasteiger partial charge in [0.15, 0.2) is 0 Å². The zero-order chi connectivity index (χ0) is 20.5. The fourth-order valence-electron chi connectivity index (χ4n) is 3.09. The van der Waals surface area contributed by atoms with E-state index in [0.29, 0.717) is 33.4 Å². The molecule has 0 unspecified atom stereocenters. The first kappa shape index (κ1) is 18.1. The van der Waals surface area contributed by atoms with Gasteiger partial charge in [-0.2, -0.15) is 0 Å². The van der Waals surface area contributed by atoms with Crippen molar-refractivity contribution in [2.75, 3.05) is 0 Å². The third kappa shape index (κ3) is 3.34. The minimum absolute atomic E-state index is 0.241. The van der Waals surface area contributed by atoms with E-state index in [4.69, 9.17) is 5.11 Å². The topological polar surface area (TPSA) is 126 Å². The molecule has 0 aliphatic carbocycles. The summed E-state index contributed by atoms with van der Waals surface area (Å²) in [5, 5.41) is 20.8. The third-order valence-electron chi connectivity index (χ3n) is 4.53. The summed E-state index contributed by atoms with van der Waals surface area (Å²) in [4.78, 5) is 41.1. The zero-order valence-corrected chi connectivity index (χ0v) is 14.8. The number of benzene rings is 3. The van der Waals surface area contributed by atoms with E-state index in [2.05, 4.69) is 9.97 Å². The molecule has 8 nitrogen and oxygen atoms in total.